The minimum atomic E-state index is -3.05. The number of hydrogen-bond donors (Lipinski definition) is 0. The van der Waals surface area contributed by atoms with E-state index in [4.69, 9.17) is 4.74 Å². The van der Waals surface area contributed by atoms with Crippen LogP contribution in [-0.2, 0) is 19.4 Å². The zero-order valence-electron chi connectivity index (χ0n) is 13.0. The number of rotatable bonds is 5. The van der Waals surface area contributed by atoms with Crippen LogP contribution in [0.5, 0.6) is 5.75 Å². The quantitative estimate of drug-likeness (QED) is 0.725. The molecule has 0 radical (unpaired) electrons. The lowest BCUT2D eigenvalue weighted by Gasteiger charge is -2.23. The summed E-state index contributed by atoms with van der Waals surface area (Å²) >= 11 is 0. The Hall–Kier alpha value is -2.09. The van der Waals surface area contributed by atoms with Crippen molar-refractivity contribution < 1.29 is 27.5 Å². The maximum absolute atomic E-state index is 12.1. The second kappa shape index (κ2) is 6.99. The third kappa shape index (κ3) is 4.44. The van der Waals surface area contributed by atoms with E-state index in [0.717, 1.165) is 0 Å². The third-order valence-electron chi connectivity index (χ3n) is 3.77. The molecule has 0 unspecified atom stereocenters. The Kier molecular flexibility index (Phi) is 5.25. The zero-order chi connectivity index (χ0) is 17.0. The predicted molar refractivity (Wildman–Crippen MR) is 83.1 cm³/mol. The largest absolute Gasteiger partial charge is 0.484 e. The van der Waals surface area contributed by atoms with Gasteiger partial charge in [0, 0.05) is 13.1 Å². The van der Waals surface area contributed by atoms with Crippen LogP contribution in [-0.4, -0.2) is 63.5 Å². The first-order chi connectivity index (χ1) is 10.8. The third-order valence-corrected chi connectivity index (χ3v) is 5.52. The van der Waals surface area contributed by atoms with Gasteiger partial charge in [-0.25, -0.2) is 13.2 Å². The molecule has 0 saturated carbocycles. The van der Waals surface area contributed by atoms with Crippen molar-refractivity contribution >= 4 is 21.7 Å². The normalized spacial score (nSPS) is 19.1. The van der Waals surface area contributed by atoms with Crippen LogP contribution < -0.4 is 4.74 Å². The highest BCUT2D eigenvalue weighted by atomic mass is 32.2. The van der Waals surface area contributed by atoms with Crippen LogP contribution >= 0.6 is 0 Å². The van der Waals surface area contributed by atoms with Gasteiger partial charge in [-0.2, -0.15) is 0 Å². The fraction of sp³-hybridized carbons (Fsp3) is 0.467. The van der Waals surface area contributed by atoms with Crippen LogP contribution in [0.15, 0.2) is 24.3 Å². The molecule has 1 heterocycles. The Morgan fingerprint density at radius 2 is 2.09 bits per heavy atom. The lowest BCUT2D eigenvalue weighted by atomic mass is 10.2. The van der Waals surface area contributed by atoms with Gasteiger partial charge in [0.25, 0.3) is 5.91 Å². The Balaban J connectivity index is 1.93. The van der Waals surface area contributed by atoms with Gasteiger partial charge < -0.3 is 14.4 Å². The number of amides is 1. The van der Waals surface area contributed by atoms with E-state index in [1.165, 1.54) is 18.1 Å². The monoisotopic (exact) mass is 341 g/mol. The maximum Gasteiger partial charge on any atom is 0.337 e. The Bertz CT molecular complexity index is 700. The summed E-state index contributed by atoms with van der Waals surface area (Å²) in [4.78, 5) is 25.0. The van der Waals surface area contributed by atoms with Gasteiger partial charge in [-0.1, -0.05) is 6.07 Å². The summed E-state index contributed by atoms with van der Waals surface area (Å²) in [6, 6.07) is 6.01. The summed E-state index contributed by atoms with van der Waals surface area (Å²) in [5, 5.41) is 0. The van der Waals surface area contributed by atoms with Crippen LogP contribution in [0.25, 0.3) is 0 Å². The van der Waals surface area contributed by atoms with E-state index in [9.17, 15) is 18.0 Å². The topological polar surface area (TPSA) is 90.0 Å². The molecular formula is C15H19NO6S. The number of sulfone groups is 1. The van der Waals surface area contributed by atoms with Gasteiger partial charge >= 0.3 is 5.97 Å². The van der Waals surface area contributed by atoms with E-state index in [0.29, 0.717) is 17.7 Å². The first kappa shape index (κ1) is 17.3. The first-order valence-electron chi connectivity index (χ1n) is 7.09. The minimum absolute atomic E-state index is 0.00688. The molecule has 2 rings (SSSR count). The van der Waals surface area contributed by atoms with Crippen LogP contribution in [0, 0.1) is 0 Å². The van der Waals surface area contributed by atoms with E-state index >= 15 is 0 Å². The van der Waals surface area contributed by atoms with Crippen molar-refractivity contribution in [1.82, 2.24) is 4.90 Å². The van der Waals surface area contributed by atoms with Gasteiger partial charge in [-0.05, 0) is 24.6 Å². The van der Waals surface area contributed by atoms with Gasteiger partial charge in [0.05, 0.1) is 24.2 Å². The molecule has 0 bridgehead atoms. The summed E-state index contributed by atoms with van der Waals surface area (Å²) in [7, 11) is -0.192. The summed E-state index contributed by atoms with van der Waals surface area (Å²) in [6.45, 7) is -0.225. The Morgan fingerprint density at radius 1 is 1.35 bits per heavy atom. The fourth-order valence-corrected chi connectivity index (χ4v) is 4.14. The number of carbonyl (C=O) groups excluding carboxylic acids is 2. The first-order valence-corrected chi connectivity index (χ1v) is 8.92. The summed E-state index contributed by atoms with van der Waals surface area (Å²) in [5.41, 5.74) is 0.327. The highest BCUT2D eigenvalue weighted by molar-refractivity contribution is 7.91. The van der Waals surface area contributed by atoms with Crippen molar-refractivity contribution in [2.24, 2.45) is 0 Å². The van der Waals surface area contributed by atoms with E-state index in [2.05, 4.69) is 4.74 Å². The molecule has 23 heavy (non-hydrogen) atoms. The zero-order valence-corrected chi connectivity index (χ0v) is 13.8. The Labute approximate surface area is 135 Å². The van der Waals surface area contributed by atoms with Gasteiger partial charge in [0.15, 0.2) is 16.4 Å². The van der Waals surface area contributed by atoms with E-state index in [1.54, 1.807) is 25.2 Å². The SMILES string of the molecule is COC(=O)c1cccc(OCC(=O)N(C)[C@@H]2CCS(=O)(=O)C2)c1. The van der Waals surface area contributed by atoms with Crippen LogP contribution in [0.2, 0.25) is 0 Å². The highest BCUT2D eigenvalue weighted by Crippen LogP contribution is 2.18. The number of benzene rings is 1. The van der Waals surface area contributed by atoms with Crippen molar-refractivity contribution in [2.75, 3.05) is 32.3 Å². The standard InChI is InChI=1S/C15H19NO6S/c1-16(12-6-7-23(19,20)10-12)14(17)9-22-13-5-3-4-11(8-13)15(18)21-2/h3-5,8,12H,6-7,9-10H2,1-2H3/t12-/m1/s1. The molecule has 126 valence electrons. The van der Waals surface area contributed by atoms with Crippen molar-refractivity contribution in [1.29, 1.82) is 0 Å². The molecule has 1 amide bonds. The van der Waals surface area contributed by atoms with Gasteiger partial charge in [-0.3, -0.25) is 4.79 Å². The smallest absolute Gasteiger partial charge is 0.337 e. The summed E-state index contributed by atoms with van der Waals surface area (Å²) < 4.78 is 32.9. The number of methoxy groups -OCH3 is 1. The molecule has 1 saturated heterocycles. The molecule has 8 heteroatoms. The molecule has 0 spiro atoms. The molecule has 0 N–H and O–H groups in total. The second-order valence-electron chi connectivity index (χ2n) is 5.37. The van der Waals surface area contributed by atoms with Gasteiger partial charge in [0.1, 0.15) is 5.75 Å². The highest BCUT2D eigenvalue weighted by Gasteiger charge is 2.32. The van der Waals surface area contributed by atoms with Crippen molar-refractivity contribution in [2.45, 2.75) is 12.5 Å². The number of likely N-dealkylation sites (N-methyl/N-ethyl adjacent to an activating group) is 1. The van der Waals surface area contributed by atoms with Crippen LogP contribution in [0.1, 0.15) is 16.8 Å². The summed E-state index contributed by atoms with van der Waals surface area (Å²) in [6.07, 6.45) is 0.447. The van der Waals surface area contributed by atoms with Crippen molar-refractivity contribution in [3.63, 3.8) is 0 Å². The van der Waals surface area contributed by atoms with Gasteiger partial charge in [0.2, 0.25) is 0 Å². The number of ether oxygens (including phenoxy) is 2. The number of nitrogens with zero attached hydrogens (tertiary/aromatic N) is 1. The van der Waals surface area contributed by atoms with Crippen LogP contribution in [0.3, 0.4) is 0 Å². The molecule has 0 aliphatic carbocycles. The van der Waals surface area contributed by atoms with E-state index in [1.807, 2.05) is 0 Å². The molecule has 1 atom stereocenters. The number of carbonyl (C=O) groups is 2. The molecule has 1 fully saturated rings. The van der Waals surface area contributed by atoms with E-state index < -0.39 is 15.8 Å². The van der Waals surface area contributed by atoms with Crippen LogP contribution in [0.4, 0.5) is 0 Å². The molecule has 1 aliphatic heterocycles. The molecule has 1 aromatic carbocycles. The van der Waals surface area contributed by atoms with Gasteiger partial charge in [-0.15, -0.1) is 0 Å². The molecule has 7 nitrogen and oxygen atoms in total. The molecule has 0 aromatic heterocycles. The number of hydrogen-bond acceptors (Lipinski definition) is 6. The predicted octanol–water partition coefficient (Wildman–Crippen LogP) is 0.498. The molecule has 1 aliphatic rings. The summed E-state index contributed by atoms with van der Waals surface area (Å²) in [5.74, 6) is -0.330. The maximum atomic E-state index is 12.1. The minimum Gasteiger partial charge on any atom is -0.484 e. The lowest BCUT2D eigenvalue weighted by molar-refractivity contribution is -0.133. The Morgan fingerprint density at radius 3 is 2.70 bits per heavy atom. The van der Waals surface area contributed by atoms with E-state index in [-0.39, 0.29) is 30.1 Å². The molecule has 1 aromatic rings. The fourth-order valence-electron chi connectivity index (χ4n) is 2.36. The average molecular weight is 341 g/mol. The second-order valence-corrected chi connectivity index (χ2v) is 7.60. The average Bonchev–Trinajstić information content (AvgIpc) is 2.91. The lowest BCUT2D eigenvalue weighted by Crippen LogP contribution is -2.40. The van der Waals surface area contributed by atoms with Crippen molar-refractivity contribution in [3.8, 4) is 5.75 Å². The van der Waals surface area contributed by atoms with Crippen molar-refractivity contribution in [3.05, 3.63) is 29.8 Å². The molecular weight excluding hydrogens is 322 g/mol. The number of esters is 1.